The highest BCUT2D eigenvalue weighted by molar-refractivity contribution is 7.92. The fourth-order valence-electron chi connectivity index (χ4n) is 5.07. The van der Waals surface area contributed by atoms with Gasteiger partial charge in [0, 0.05) is 12.5 Å². The molecule has 2 aromatic carbocycles. The molecule has 1 heterocycles. The number of rotatable bonds is 4. The molecule has 0 saturated heterocycles. The minimum Gasteiger partial charge on any atom is -0.490 e. The molecule has 6 nitrogen and oxygen atoms in total. The topological polar surface area (TPSA) is 98.5 Å². The number of nitrogens with two attached hydrogens (primary N) is 1. The van der Waals surface area contributed by atoms with Crippen LogP contribution in [0.3, 0.4) is 0 Å². The maximum Gasteiger partial charge on any atom is 0.416 e. The van der Waals surface area contributed by atoms with Crippen molar-refractivity contribution in [3.05, 3.63) is 59.2 Å². The molecule has 3 atom stereocenters. The fraction of sp³-hybridized carbons (Fsp3) is 0.409. The zero-order valence-corrected chi connectivity index (χ0v) is 18.5. The monoisotopic (exact) mass is 504 g/mol. The molecule has 2 aromatic rings. The molecule has 1 aliphatic carbocycles. The largest absolute Gasteiger partial charge is 0.490 e. The summed E-state index contributed by atoms with van der Waals surface area (Å²) in [4.78, 5) is 10.7. The minimum absolute atomic E-state index is 0.150. The molecular formula is C22H21F5N2O4S. The number of fused-ring (bicyclic) bond motifs is 3. The summed E-state index contributed by atoms with van der Waals surface area (Å²) < 4.78 is 100. The highest BCUT2D eigenvalue weighted by atomic mass is 32.2. The van der Waals surface area contributed by atoms with E-state index in [0.717, 1.165) is 24.3 Å². The maximum atomic E-state index is 15.2. The molecule has 0 unspecified atom stereocenters. The smallest absolute Gasteiger partial charge is 0.416 e. The molecule has 4 rings (SSSR count). The van der Waals surface area contributed by atoms with Crippen LogP contribution in [0, 0.1) is 23.5 Å². The minimum atomic E-state index is -4.67. The van der Waals surface area contributed by atoms with Gasteiger partial charge in [-0.15, -0.1) is 0 Å². The van der Waals surface area contributed by atoms with Crippen molar-refractivity contribution in [3.8, 4) is 5.75 Å². The van der Waals surface area contributed by atoms with Gasteiger partial charge < -0.3 is 15.8 Å². The van der Waals surface area contributed by atoms with Gasteiger partial charge in [-0.1, -0.05) is 0 Å². The predicted octanol–water partition coefficient (Wildman–Crippen LogP) is 4.13. The number of hydrogen-bond acceptors (Lipinski definition) is 4. The number of benzene rings is 2. The van der Waals surface area contributed by atoms with Crippen LogP contribution >= 0.6 is 0 Å². The molecular weight excluding hydrogens is 483 g/mol. The van der Waals surface area contributed by atoms with Crippen molar-refractivity contribution >= 4 is 15.9 Å². The highest BCUT2D eigenvalue weighted by Gasteiger charge is 2.59. The van der Waals surface area contributed by atoms with Gasteiger partial charge >= 0.3 is 12.2 Å². The first-order valence-corrected chi connectivity index (χ1v) is 11.9. The van der Waals surface area contributed by atoms with E-state index in [1.54, 1.807) is 0 Å². The second kappa shape index (κ2) is 8.40. The van der Waals surface area contributed by atoms with E-state index in [-0.39, 0.29) is 38.3 Å². The van der Waals surface area contributed by atoms with Crippen molar-refractivity contribution in [2.75, 3.05) is 13.2 Å². The number of nitrogens with one attached hydrogen (secondary N) is 1. The number of hydrogen-bond donors (Lipinski definition) is 2. The second-order valence-electron chi connectivity index (χ2n) is 8.54. The van der Waals surface area contributed by atoms with Crippen molar-refractivity contribution in [2.24, 2.45) is 17.6 Å². The first-order valence-electron chi connectivity index (χ1n) is 10.4. The predicted molar refractivity (Wildman–Crippen MR) is 111 cm³/mol. The molecule has 1 aliphatic heterocycles. The second-order valence-corrected chi connectivity index (χ2v) is 10.7. The summed E-state index contributed by atoms with van der Waals surface area (Å²) in [7, 11) is -4.52. The number of carbonyl (C=O) groups is 1. The third kappa shape index (κ3) is 3.87. The van der Waals surface area contributed by atoms with Gasteiger partial charge in [-0.3, -0.25) is 0 Å². The molecule has 2 amide bonds. The fourth-order valence-corrected chi connectivity index (χ4v) is 7.43. The summed E-state index contributed by atoms with van der Waals surface area (Å²) in [5.41, 5.74) is 3.62. The summed E-state index contributed by atoms with van der Waals surface area (Å²) in [5.74, 6) is -3.49. The first-order chi connectivity index (χ1) is 15.9. The van der Waals surface area contributed by atoms with E-state index in [9.17, 15) is 30.8 Å². The zero-order chi connectivity index (χ0) is 24.9. The lowest BCUT2D eigenvalue weighted by molar-refractivity contribution is -0.137. The Bertz CT molecular complexity index is 1220. The van der Waals surface area contributed by atoms with E-state index in [4.69, 9.17) is 10.5 Å². The average Bonchev–Trinajstić information content (AvgIpc) is 2.78. The van der Waals surface area contributed by atoms with Crippen molar-refractivity contribution in [3.63, 3.8) is 0 Å². The molecule has 3 N–H and O–H groups in total. The van der Waals surface area contributed by atoms with Crippen LogP contribution in [-0.4, -0.2) is 27.6 Å². The van der Waals surface area contributed by atoms with Crippen molar-refractivity contribution in [2.45, 2.75) is 35.1 Å². The number of sulfone groups is 1. The molecule has 0 radical (unpaired) electrons. The number of urea groups is 1. The van der Waals surface area contributed by atoms with Crippen LogP contribution in [0.25, 0.3) is 0 Å². The molecule has 1 fully saturated rings. The Hall–Kier alpha value is -2.89. The number of carbonyl (C=O) groups excluding carboxylic acids is 1. The average molecular weight is 504 g/mol. The molecule has 1 saturated carbocycles. The van der Waals surface area contributed by atoms with Crippen molar-refractivity contribution in [1.29, 1.82) is 0 Å². The number of halogens is 5. The number of alkyl halides is 3. The van der Waals surface area contributed by atoms with E-state index in [2.05, 4.69) is 5.32 Å². The Balaban J connectivity index is 1.85. The summed E-state index contributed by atoms with van der Waals surface area (Å²) >= 11 is 0. The SMILES string of the molecule is NC(=O)NC[C@@H]1CC[C@@]2(S(=O)(=O)c3ccc(C(F)(F)F)cc3)c3c(F)ccc(F)c3OC[C@H]2C1. The Labute approximate surface area is 192 Å². The lowest BCUT2D eigenvalue weighted by Gasteiger charge is -2.49. The van der Waals surface area contributed by atoms with Crippen LogP contribution in [0.2, 0.25) is 0 Å². The van der Waals surface area contributed by atoms with Gasteiger partial charge in [0.2, 0.25) is 0 Å². The van der Waals surface area contributed by atoms with E-state index in [1.807, 2.05) is 0 Å². The highest BCUT2D eigenvalue weighted by Crippen LogP contribution is 2.57. The molecule has 12 heteroatoms. The first kappa shape index (κ1) is 24.2. The van der Waals surface area contributed by atoms with Gasteiger partial charge in [-0.2, -0.15) is 13.2 Å². The molecule has 0 aromatic heterocycles. The number of ether oxygens (including phenoxy) is 1. The quantitative estimate of drug-likeness (QED) is 0.612. The number of primary amides is 1. The van der Waals surface area contributed by atoms with Gasteiger partial charge in [-0.25, -0.2) is 22.0 Å². The normalized spacial score (nSPS) is 24.5. The summed E-state index contributed by atoms with van der Waals surface area (Å²) in [6, 6.07) is 3.83. The van der Waals surface area contributed by atoms with Crippen LogP contribution < -0.4 is 15.8 Å². The summed E-state index contributed by atoms with van der Waals surface area (Å²) in [6.45, 7) is -0.0962. The molecule has 2 aliphatic rings. The lowest BCUT2D eigenvalue weighted by Crippen LogP contribution is -2.53. The van der Waals surface area contributed by atoms with E-state index >= 15 is 4.39 Å². The van der Waals surface area contributed by atoms with Crippen LogP contribution in [0.5, 0.6) is 5.75 Å². The third-order valence-electron chi connectivity index (χ3n) is 6.65. The van der Waals surface area contributed by atoms with Crippen molar-refractivity contribution < 1.29 is 39.9 Å². The Morgan fingerprint density at radius 2 is 1.76 bits per heavy atom. The third-order valence-corrected chi connectivity index (χ3v) is 9.24. The molecule has 34 heavy (non-hydrogen) atoms. The van der Waals surface area contributed by atoms with Crippen molar-refractivity contribution in [1.82, 2.24) is 5.32 Å². The van der Waals surface area contributed by atoms with Gasteiger partial charge in [0.05, 0.1) is 22.6 Å². The van der Waals surface area contributed by atoms with Crippen LogP contribution in [0.4, 0.5) is 26.7 Å². The molecule has 0 spiro atoms. The van der Waals surface area contributed by atoms with Gasteiger partial charge in [-0.05, 0) is 61.6 Å². The van der Waals surface area contributed by atoms with Crippen LogP contribution in [0.1, 0.15) is 30.4 Å². The maximum absolute atomic E-state index is 15.2. The van der Waals surface area contributed by atoms with Crippen LogP contribution in [0.15, 0.2) is 41.3 Å². The standard InChI is InChI=1S/C22H21F5N2O4S/c23-16-5-6-17(24)19-18(16)21(8-7-12(10-29-20(28)30)9-14(21)11-33-19)34(31,32)15-3-1-13(2-4-15)22(25,26)27/h1-6,12,14H,7-11H2,(H3,28,29,30)/t12-,14-,21+/m1/s1. The van der Waals surface area contributed by atoms with Crippen LogP contribution in [-0.2, 0) is 20.8 Å². The summed E-state index contributed by atoms with van der Waals surface area (Å²) in [5, 5.41) is 2.46. The lowest BCUT2D eigenvalue weighted by atomic mass is 9.69. The van der Waals surface area contributed by atoms with Gasteiger partial charge in [0.1, 0.15) is 10.6 Å². The van der Waals surface area contributed by atoms with Gasteiger partial charge in [0.15, 0.2) is 21.4 Å². The van der Waals surface area contributed by atoms with E-state index < -0.39 is 66.1 Å². The molecule has 0 bridgehead atoms. The van der Waals surface area contributed by atoms with E-state index in [1.165, 1.54) is 0 Å². The zero-order valence-electron chi connectivity index (χ0n) is 17.7. The molecule has 184 valence electrons. The summed E-state index contributed by atoms with van der Waals surface area (Å²) in [6.07, 6.45) is -4.43. The Morgan fingerprint density at radius 3 is 2.38 bits per heavy atom. The Morgan fingerprint density at radius 1 is 1.12 bits per heavy atom. The van der Waals surface area contributed by atoms with Gasteiger partial charge in [0.25, 0.3) is 0 Å². The Kier molecular flexibility index (Phi) is 5.99. The number of amides is 2. The van der Waals surface area contributed by atoms with E-state index in [0.29, 0.717) is 12.1 Å².